The summed E-state index contributed by atoms with van der Waals surface area (Å²) >= 11 is 1.03. The monoisotopic (exact) mass is 1250 g/mol. The molecule has 4 aliphatic rings. The van der Waals surface area contributed by atoms with Crippen molar-refractivity contribution in [3.63, 3.8) is 0 Å². The largest absolute Gasteiger partial charge is 0.419 e. The number of para-hydroxylation sites is 9. The van der Waals surface area contributed by atoms with Crippen LogP contribution in [0.4, 0.5) is 112 Å². The first-order valence-electron chi connectivity index (χ1n) is 31.0. The van der Waals surface area contributed by atoms with Crippen LogP contribution in [0.25, 0.3) is 11.1 Å². The van der Waals surface area contributed by atoms with Crippen LogP contribution in [0, 0.1) is 0 Å². The summed E-state index contributed by atoms with van der Waals surface area (Å²) in [6.07, 6.45) is -10.3. The molecule has 0 unspecified atom stereocenters. The molecule has 0 N–H and O–H groups in total. The maximum atomic E-state index is 18.4. The molecule has 0 bridgehead atoms. The Hall–Kier alpha value is -11.1. The summed E-state index contributed by atoms with van der Waals surface area (Å²) in [5.41, 5.74) is 9.88. The van der Waals surface area contributed by atoms with E-state index in [4.69, 9.17) is 0 Å². The molecule has 4 heterocycles. The van der Waals surface area contributed by atoms with E-state index in [-0.39, 0.29) is 27.3 Å². The van der Waals surface area contributed by atoms with Gasteiger partial charge in [0.2, 0.25) is 6.71 Å². The lowest BCUT2D eigenvalue weighted by atomic mass is 9.30. The molecule has 4 aliphatic heterocycles. The number of anilines is 15. The zero-order chi connectivity index (χ0) is 63.4. The van der Waals surface area contributed by atoms with E-state index >= 15 is 26.3 Å². The molecule has 13 aromatic carbocycles. The van der Waals surface area contributed by atoms with Gasteiger partial charge in [0.25, 0.3) is 6.71 Å². The summed E-state index contributed by atoms with van der Waals surface area (Å²) in [5.74, 6) is 0. The minimum atomic E-state index is -5.20. The Bertz CT molecular complexity index is 4990. The summed E-state index contributed by atoms with van der Waals surface area (Å²) in [7, 11) is 0. The van der Waals surface area contributed by atoms with Gasteiger partial charge in [-0.3, -0.25) is 0 Å². The Morgan fingerprint density at radius 2 is 0.713 bits per heavy atom. The number of hydrogen-bond donors (Lipinski definition) is 0. The van der Waals surface area contributed by atoms with Crippen molar-refractivity contribution >= 4 is 143 Å². The van der Waals surface area contributed by atoms with Crippen LogP contribution >= 0.6 is 11.8 Å². The molecule has 0 radical (unpaired) electrons. The highest BCUT2D eigenvalue weighted by Crippen LogP contribution is 2.57. The minimum absolute atomic E-state index is 0.0958. The average Bonchev–Trinajstić information content (AvgIpc) is 0.677. The van der Waals surface area contributed by atoms with E-state index in [0.29, 0.717) is 49.6 Å². The Morgan fingerprint density at radius 3 is 1.18 bits per heavy atom. The normalized spacial score (nSPS) is 13.3. The molecule has 14 heteroatoms. The minimum Gasteiger partial charge on any atom is -0.311 e. The molecule has 5 nitrogen and oxygen atoms in total. The van der Waals surface area contributed by atoms with Gasteiger partial charge in [-0.05, 0) is 148 Å². The molecule has 17 rings (SSSR count). The van der Waals surface area contributed by atoms with E-state index in [1.165, 1.54) is 11.0 Å². The Morgan fingerprint density at radius 1 is 0.309 bits per heavy atom. The van der Waals surface area contributed by atoms with Gasteiger partial charge in [0.05, 0.1) is 28.2 Å². The van der Waals surface area contributed by atoms with Gasteiger partial charge in [-0.25, -0.2) is 0 Å². The van der Waals surface area contributed by atoms with Gasteiger partial charge >= 0.3 is 12.4 Å². The fraction of sp³-hybridized carbons (Fsp3) is 0.0250. The second-order valence-corrected chi connectivity index (χ2v) is 24.8. The fourth-order valence-corrected chi connectivity index (χ4v) is 16.1. The molecule has 0 saturated carbocycles. The van der Waals surface area contributed by atoms with Crippen molar-refractivity contribution in [3.8, 4) is 11.1 Å². The van der Waals surface area contributed by atoms with Crippen molar-refractivity contribution in [2.24, 2.45) is 0 Å². The molecule has 0 spiro atoms. The highest BCUT2D eigenvalue weighted by atomic mass is 32.2. The Kier molecular flexibility index (Phi) is 13.5. The van der Waals surface area contributed by atoms with Gasteiger partial charge in [0.1, 0.15) is 0 Å². The Balaban J connectivity index is 1.04. The van der Waals surface area contributed by atoms with Gasteiger partial charge < -0.3 is 24.5 Å². The lowest BCUT2D eigenvalue weighted by Crippen LogP contribution is -2.65. The SMILES string of the molecule is FC(F)(F)c1cccc(-c2ccccc2)c1N1c2cc(N(c3ccccc3)c3ccccc3)cc3c2B(c2ccccc2N3c2ccccc2)c2cc3c(c(C(F)(F)F)c21)Sc1cc(N(c2ccccc2)c2ccccc2)cc2c1B3c1ccccc1N2c1ccccc1. The fourth-order valence-electron chi connectivity index (χ4n) is 14.8. The quantitative estimate of drug-likeness (QED) is 0.0995. The van der Waals surface area contributed by atoms with Gasteiger partial charge in [0.15, 0.2) is 0 Å². The van der Waals surface area contributed by atoms with Crippen LogP contribution in [0.1, 0.15) is 11.1 Å². The van der Waals surface area contributed by atoms with Crippen LogP contribution in [-0.4, -0.2) is 13.4 Å². The first-order valence-corrected chi connectivity index (χ1v) is 31.9. The average molecular weight is 1250 g/mol. The number of fused-ring (bicyclic) bond motifs is 8. The molecule has 0 aromatic heterocycles. The number of rotatable bonds is 10. The topological polar surface area (TPSA) is 16.2 Å². The van der Waals surface area contributed by atoms with E-state index in [1.54, 1.807) is 36.4 Å². The summed E-state index contributed by atoms with van der Waals surface area (Å²) in [4.78, 5) is 10.3. The lowest BCUT2D eigenvalue weighted by Gasteiger charge is -2.47. The summed E-state index contributed by atoms with van der Waals surface area (Å²) in [6, 6.07) is 97.0. The summed E-state index contributed by atoms with van der Waals surface area (Å²) in [5, 5.41) is 0. The first-order chi connectivity index (χ1) is 46.0. The molecule has 0 saturated heterocycles. The molecule has 94 heavy (non-hydrogen) atoms. The Labute approximate surface area is 544 Å². The molecule has 0 aliphatic carbocycles. The van der Waals surface area contributed by atoms with Gasteiger partial charge in [-0.15, -0.1) is 0 Å². The van der Waals surface area contributed by atoms with Crippen molar-refractivity contribution in [1.82, 2.24) is 0 Å². The smallest absolute Gasteiger partial charge is 0.311 e. The molecule has 13 aromatic rings. The number of hydrogen-bond acceptors (Lipinski definition) is 6. The zero-order valence-electron chi connectivity index (χ0n) is 50.0. The second kappa shape index (κ2) is 22.4. The van der Waals surface area contributed by atoms with Crippen LogP contribution in [0.2, 0.25) is 0 Å². The van der Waals surface area contributed by atoms with E-state index < -0.39 is 42.6 Å². The molecule has 0 atom stereocenters. The third-order valence-corrected chi connectivity index (χ3v) is 19.6. The predicted octanol–water partition coefficient (Wildman–Crippen LogP) is 19.2. The van der Waals surface area contributed by atoms with E-state index in [1.807, 2.05) is 254 Å². The third-order valence-electron chi connectivity index (χ3n) is 18.4. The maximum Gasteiger partial charge on any atom is 0.419 e. The van der Waals surface area contributed by atoms with Crippen LogP contribution in [-0.2, 0) is 12.4 Å². The third kappa shape index (κ3) is 9.21. The summed E-state index contributed by atoms with van der Waals surface area (Å²) in [6.45, 7) is -1.77. The number of benzene rings is 13. The molecular formula is C80H51B2F6N5S. The number of halogens is 6. The molecule has 0 fully saturated rings. The summed E-state index contributed by atoms with van der Waals surface area (Å²) < 4.78 is 106. The molecule has 0 amide bonds. The van der Waals surface area contributed by atoms with E-state index in [9.17, 15) is 0 Å². The van der Waals surface area contributed by atoms with Crippen LogP contribution in [0.15, 0.2) is 319 Å². The second-order valence-electron chi connectivity index (χ2n) is 23.7. The standard InChI is InChI=1S/C80H51B2F6N5S/c83-79(84,85)62-42-26-41-61(52-27-8-1-9-28-52)76(62)93-70-48-59(89(53-29-10-2-11-30-53)54-31-12-3-13-32-54)47-69-74(70)81(63-43-22-24-45-67(63)91(69)57-37-18-6-19-38-57)65-51-66-78(73(77(65)93)80(86,87)88)94-72-50-60(90(55-33-14-4-15-34-55)56-35-16-5-17-36-56)49-71-75(72)82(66)64-44-23-25-46-68(64)92(71)58-39-20-7-21-40-58/h1-51H. The highest BCUT2D eigenvalue weighted by molar-refractivity contribution is 8.00. The van der Waals surface area contributed by atoms with Crippen molar-refractivity contribution in [1.29, 1.82) is 0 Å². The van der Waals surface area contributed by atoms with E-state index in [2.05, 4.69) is 26.8 Å². The van der Waals surface area contributed by atoms with Crippen LogP contribution in [0.3, 0.4) is 0 Å². The van der Waals surface area contributed by atoms with Gasteiger partial charge in [-0.1, -0.05) is 211 Å². The van der Waals surface area contributed by atoms with Gasteiger partial charge in [0, 0.05) is 83.6 Å². The number of alkyl halides is 6. The van der Waals surface area contributed by atoms with Crippen LogP contribution in [0.5, 0.6) is 0 Å². The lowest BCUT2D eigenvalue weighted by molar-refractivity contribution is -0.139. The molecular weight excluding hydrogens is 1200 g/mol. The van der Waals surface area contributed by atoms with Crippen molar-refractivity contribution in [2.45, 2.75) is 22.1 Å². The van der Waals surface area contributed by atoms with Crippen LogP contribution < -0.4 is 57.3 Å². The zero-order valence-corrected chi connectivity index (χ0v) is 50.8. The highest BCUT2D eigenvalue weighted by Gasteiger charge is 2.54. The maximum absolute atomic E-state index is 18.4. The van der Waals surface area contributed by atoms with Crippen molar-refractivity contribution in [3.05, 3.63) is 321 Å². The first kappa shape index (κ1) is 56.9. The molecule has 450 valence electrons. The predicted molar refractivity (Wildman–Crippen MR) is 375 cm³/mol. The van der Waals surface area contributed by atoms with Crippen molar-refractivity contribution in [2.75, 3.05) is 24.5 Å². The van der Waals surface area contributed by atoms with E-state index in [0.717, 1.165) is 74.3 Å². The van der Waals surface area contributed by atoms with Gasteiger partial charge in [-0.2, -0.15) is 26.3 Å². The number of nitrogens with zero attached hydrogens (tertiary/aromatic N) is 5. The van der Waals surface area contributed by atoms with Crippen molar-refractivity contribution < 1.29 is 26.3 Å².